The number of hydrogen-bond donors (Lipinski definition) is 2. The molecule has 0 spiro atoms. The number of nitrogens with zero attached hydrogens (tertiary/aromatic N) is 1. The van der Waals surface area contributed by atoms with Gasteiger partial charge in [-0.15, -0.1) is 0 Å². The van der Waals surface area contributed by atoms with Gasteiger partial charge in [-0.05, 0) is 60.5 Å². The van der Waals surface area contributed by atoms with Crippen LogP contribution in [0.25, 0.3) is 0 Å². The fourth-order valence-corrected chi connectivity index (χ4v) is 3.17. The van der Waals surface area contributed by atoms with Gasteiger partial charge in [0, 0.05) is 0 Å². The lowest BCUT2D eigenvalue weighted by atomic mass is 10.1. The second-order valence-electron chi connectivity index (χ2n) is 7.35. The Morgan fingerprint density at radius 2 is 1.60 bits per heavy atom. The Hall–Kier alpha value is -4.53. The van der Waals surface area contributed by atoms with E-state index in [1.165, 1.54) is 27.5 Å². The van der Waals surface area contributed by atoms with Crippen molar-refractivity contribution in [3.63, 3.8) is 0 Å². The van der Waals surface area contributed by atoms with E-state index in [0.717, 1.165) is 5.56 Å². The normalized spacial score (nSPS) is 10.5. The molecule has 2 amide bonds. The number of carbonyl (C=O) groups is 2. The van der Waals surface area contributed by atoms with Crippen molar-refractivity contribution in [2.24, 2.45) is 5.10 Å². The zero-order chi connectivity index (χ0) is 25.2. The summed E-state index contributed by atoms with van der Waals surface area (Å²) in [5.41, 5.74) is 5.04. The molecular weight excluding hydrogens is 450 g/mol. The number of benzene rings is 3. The second-order valence-corrected chi connectivity index (χ2v) is 7.35. The van der Waals surface area contributed by atoms with Gasteiger partial charge in [0.2, 0.25) is 0 Å². The molecule has 0 aromatic heterocycles. The van der Waals surface area contributed by atoms with Crippen LogP contribution in [0.2, 0.25) is 0 Å². The van der Waals surface area contributed by atoms with Crippen molar-refractivity contribution in [2.45, 2.75) is 6.92 Å². The van der Waals surface area contributed by atoms with Crippen molar-refractivity contribution in [3.8, 4) is 23.0 Å². The van der Waals surface area contributed by atoms with Gasteiger partial charge < -0.3 is 24.3 Å². The predicted molar refractivity (Wildman–Crippen MR) is 133 cm³/mol. The van der Waals surface area contributed by atoms with Gasteiger partial charge in [-0.25, -0.2) is 5.43 Å². The van der Waals surface area contributed by atoms with Crippen molar-refractivity contribution < 1.29 is 28.5 Å². The van der Waals surface area contributed by atoms with Gasteiger partial charge in [0.05, 0.1) is 38.8 Å². The highest BCUT2D eigenvalue weighted by Gasteiger charge is 2.12. The summed E-state index contributed by atoms with van der Waals surface area (Å²) in [6, 6.07) is 17.4. The number of rotatable bonds is 10. The van der Waals surface area contributed by atoms with Crippen LogP contribution in [0, 0.1) is 6.92 Å². The highest BCUT2D eigenvalue weighted by Crippen LogP contribution is 2.28. The minimum atomic E-state index is -0.397. The summed E-state index contributed by atoms with van der Waals surface area (Å²) in [5, 5.41) is 6.75. The van der Waals surface area contributed by atoms with E-state index < -0.39 is 5.91 Å². The Morgan fingerprint density at radius 3 is 2.34 bits per heavy atom. The largest absolute Gasteiger partial charge is 0.496 e. The van der Waals surface area contributed by atoms with E-state index in [9.17, 15) is 9.59 Å². The molecule has 9 heteroatoms. The Balaban J connectivity index is 1.60. The molecule has 0 aliphatic heterocycles. The zero-order valence-corrected chi connectivity index (χ0v) is 20.0. The molecule has 3 aromatic carbocycles. The molecule has 0 saturated carbocycles. The number of anilines is 1. The van der Waals surface area contributed by atoms with Crippen molar-refractivity contribution in [3.05, 3.63) is 77.4 Å². The molecule has 0 heterocycles. The fourth-order valence-electron chi connectivity index (χ4n) is 3.17. The van der Waals surface area contributed by atoms with Crippen molar-refractivity contribution in [1.82, 2.24) is 5.43 Å². The maximum Gasteiger partial charge on any atom is 0.275 e. The number of carbonyl (C=O) groups excluding carboxylic acids is 2. The molecule has 9 nitrogen and oxygen atoms in total. The van der Waals surface area contributed by atoms with E-state index in [4.69, 9.17) is 18.9 Å². The molecule has 0 unspecified atom stereocenters. The highest BCUT2D eigenvalue weighted by molar-refractivity contribution is 5.97. The molecule has 2 N–H and O–H groups in total. The van der Waals surface area contributed by atoms with Gasteiger partial charge in [-0.3, -0.25) is 9.59 Å². The van der Waals surface area contributed by atoms with E-state index in [1.54, 1.807) is 48.5 Å². The van der Waals surface area contributed by atoms with Crippen LogP contribution in [0.5, 0.6) is 23.0 Å². The van der Waals surface area contributed by atoms with Gasteiger partial charge >= 0.3 is 0 Å². The third-order valence-electron chi connectivity index (χ3n) is 4.91. The Kier molecular flexibility index (Phi) is 8.66. The van der Waals surface area contributed by atoms with E-state index in [0.29, 0.717) is 39.8 Å². The van der Waals surface area contributed by atoms with Crippen LogP contribution < -0.4 is 29.7 Å². The first kappa shape index (κ1) is 25.1. The number of aryl methyl sites for hydroxylation is 1. The number of hydrogen-bond acceptors (Lipinski definition) is 7. The summed E-state index contributed by atoms with van der Waals surface area (Å²) in [5.74, 6) is 1.06. The average Bonchev–Trinajstić information content (AvgIpc) is 2.87. The maximum absolute atomic E-state index is 12.4. The molecule has 3 rings (SSSR count). The minimum absolute atomic E-state index is 0.226. The molecular formula is C26H27N3O6. The van der Waals surface area contributed by atoms with Gasteiger partial charge in [0.25, 0.3) is 11.8 Å². The van der Waals surface area contributed by atoms with Crippen molar-refractivity contribution >= 4 is 23.7 Å². The monoisotopic (exact) mass is 477 g/mol. The fraction of sp³-hybridized carbons (Fsp3) is 0.192. The SMILES string of the molecule is COc1ccccc1NC(=O)COc1ccc(/C=N\NC(=O)c2ccc(C)cc2OC)cc1OC. The van der Waals surface area contributed by atoms with Crippen LogP contribution >= 0.6 is 0 Å². The molecule has 0 atom stereocenters. The van der Waals surface area contributed by atoms with E-state index in [2.05, 4.69) is 15.8 Å². The quantitative estimate of drug-likeness (QED) is 0.340. The number of hydrazone groups is 1. The second kappa shape index (κ2) is 12.1. The number of amides is 2. The molecule has 0 aliphatic carbocycles. The molecule has 35 heavy (non-hydrogen) atoms. The molecule has 3 aromatic rings. The Bertz CT molecular complexity index is 1230. The first-order valence-corrected chi connectivity index (χ1v) is 10.7. The maximum atomic E-state index is 12.4. The Labute approximate surface area is 203 Å². The van der Waals surface area contributed by atoms with Gasteiger partial charge in [0.15, 0.2) is 18.1 Å². The number of nitrogens with one attached hydrogen (secondary N) is 2. The minimum Gasteiger partial charge on any atom is -0.496 e. The highest BCUT2D eigenvalue weighted by atomic mass is 16.5. The van der Waals surface area contributed by atoms with Crippen molar-refractivity contribution in [2.75, 3.05) is 33.3 Å². The van der Waals surface area contributed by atoms with Crippen LogP contribution in [0.1, 0.15) is 21.5 Å². The smallest absolute Gasteiger partial charge is 0.275 e. The molecule has 0 radical (unpaired) electrons. The molecule has 0 fully saturated rings. The first-order chi connectivity index (χ1) is 16.9. The zero-order valence-electron chi connectivity index (χ0n) is 20.0. The molecule has 0 bridgehead atoms. The lowest BCUT2D eigenvalue weighted by Crippen LogP contribution is -2.20. The number of methoxy groups -OCH3 is 3. The van der Waals surface area contributed by atoms with Crippen LogP contribution in [0.4, 0.5) is 5.69 Å². The van der Waals surface area contributed by atoms with Crippen LogP contribution in [-0.2, 0) is 4.79 Å². The van der Waals surface area contributed by atoms with Crippen LogP contribution in [-0.4, -0.2) is 46.0 Å². The van der Waals surface area contributed by atoms with Crippen LogP contribution in [0.3, 0.4) is 0 Å². The number of ether oxygens (including phenoxy) is 4. The van der Waals surface area contributed by atoms with Crippen LogP contribution in [0.15, 0.2) is 65.8 Å². The summed E-state index contributed by atoms with van der Waals surface area (Å²) >= 11 is 0. The molecule has 182 valence electrons. The lowest BCUT2D eigenvalue weighted by Gasteiger charge is -2.12. The lowest BCUT2D eigenvalue weighted by molar-refractivity contribution is -0.118. The molecule has 0 saturated heterocycles. The summed E-state index contributed by atoms with van der Waals surface area (Å²) in [4.78, 5) is 24.7. The van der Waals surface area contributed by atoms with E-state index in [1.807, 2.05) is 19.1 Å². The van der Waals surface area contributed by atoms with E-state index in [-0.39, 0.29) is 12.5 Å². The average molecular weight is 478 g/mol. The summed E-state index contributed by atoms with van der Waals surface area (Å²) < 4.78 is 21.5. The summed E-state index contributed by atoms with van der Waals surface area (Å²) in [6.07, 6.45) is 1.47. The van der Waals surface area contributed by atoms with E-state index >= 15 is 0 Å². The number of para-hydroxylation sites is 2. The summed E-state index contributed by atoms with van der Waals surface area (Å²) in [6.45, 7) is 1.69. The third-order valence-corrected chi connectivity index (χ3v) is 4.91. The first-order valence-electron chi connectivity index (χ1n) is 10.7. The predicted octanol–water partition coefficient (Wildman–Crippen LogP) is 3.80. The van der Waals surface area contributed by atoms with Gasteiger partial charge in [0.1, 0.15) is 11.5 Å². The Morgan fingerprint density at radius 1 is 0.857 bits per heavy atom. The summed E-state index contributed by atoms with van der Waals surface area (Å²) in [7, 11) is 4.53. The topological polar surface area (TPSA) is 107 Å². The molecule has 0 aliphatic rings. The standard InChI is InChI=1S/C26H27N3O6/c1-17-9-11-19(23(13-17)33-3)26(31)29-27-15-18-10-12-22(24(14-18)34-4)35-16-25(30)28-20-7-5-6-8-21(20)32-2/h5-15H,16H2,1-4H3,(H,28,30)(H,29,31)/b27-15-. The van der Waals surface area contributed by atoms with Gasteiger partial charge in [-0.1, -0.05) is 18.2 Å². The third kappa shape index (κ3) is 6.73. The van der Waals surface area contributed by atoms with Crippen molar-refractivity contribution in [1.29, 1.82) is 0 Å². The van der Waals surface area contributed by atoms with Gasteiger partial charge in [-0.2, -0.15) is 5.10 Å².